The van der Waals surface area contributed by atoms with Gasteiger partial charge in [0, 0.05) is 12.6 Å². The number of rotatable bonds is 7. The Morgan fingerprint density at radius 2 is 2.19 bits per heavy atom. The van der Waals surface area contributed by atoms with Gasteiger partial charge >= 0.3 is 0 Å². The maximum Gasteiger partial charge on any atom is 0.126 e. The molecule has 0 amide bonds. The van der Waals surface area contributed by atoms with Crippen LogP contribution in [0.3, 0.4) is 0 Å². The highest BCUT2D eigenvalue weighted by Gasteiger charge is 2.18. The molecule has 4 heteroatoms. The molecule has 2 atom stereocenters. The summed E-state index contributed by atoms with van der Waals surface area (Å²) in [6.45, 7) is 3.72. The van der Waals surface area contributed by atoms with Gasteiger partial charge in [0.2, 0.25) is 0 Å². The van der Waals surface area contributed by atoms with Crippen LogP contribution in [0.25, 0.3) is 0 Å². The zero-order chi connectivity index (χ0) is 15.1. The van der Waals surface area contributed by atoms with Gasteiger partial charge in [0.15, 0.2) is 0 Å². The first-order valence-corrected chi connectivity index (χ1v) is 7.98. The van der Waals surface area contributed by atoms with Crippen LogP contribution in [0, 0.1) is 11.6 Å². The number of halogens is 2. The molecule has 1 N–H and O–H groups in total. The average molecular weight is 297 g/mol. The predicted octanol–water partition coefficient (Wildman–Crippen LogP) is 3.83. The van der Waals surface area contributed by atoms with Crippen molar-refractivity contribution in [2.24, 2.45) is 0 Å². The fraction of sp³-hybridized carbons (Fsp3) is 0.647. The molecule has 0 aromatic heterocycles. The Kier molecular flexibility index (Phi) is 6.58. The van der Waals surface area contributed by atoms with E-state index in [9.17, 15) is 8.78 Å². The Morgan fingerprint density at radius 3 is 2.90 bits per heavy atom. The molecule has 2 rings (SSSR count). The van der Waals surface area contributed by atoms with Gasteiger partial charge < -0.3 is 10.1 Å². The van der Waals surface area contributed by atoms with E-state index in [4.69, 9.17) is 4.74 Å². The fourth-order valence-corrected chi connectivity index (χ4v) is 2.95. The topological polar surface area (TPSA) is 21.3 Å². The SMILES string of the molecule is CCNC(CCC1CCCCO1)Cc1cc(F)ccc1F. The van der Waals surface area contributed by atoms with Gasteiger partial charge in [-0.2, -0.15) is 0 Å². The van der Waals surface area contributed by atoms with E-state index < -0.39 is 0 Å². The largest absolute Gasteiger partial charge is 0.378 e. The lowest BCUT2D eigenvalue weighted by molar-refractivity contribution is 0.00859. The predicted molar refractivity (Wildman–Crippen MR) is 80.4 cm³/mol. The van der Waals surface area contributed by atoms with Gasteiger partial charge in [0.25, 0.3) is 0 Å². The standard InChI is InChI=1S/C17H25F2NO/c1-2-20-15(7-8-16-5-3-4-10-21-16)12-13-11-14(18)6-9-17(13)19/h6,9,11,15-16,20H,2-5,7-8,10,12H2,1H3. The van der Waals surface area contributed by atoms with Crippen molar-refractivity contribution in [1.29, 1.82) is 0 Å². The molecule has 0 bridgehead atoms. The minimum atomic E-state index is -0.378. The van der Waals surface area contributed by atoms with Crippen molar-refractivity contribution in [3.8, 4) is 0 Å². The third kappa shape index (κ3) is 5.36. The van der Waals surface area contributed by atoms with Crippen LogP contribution >= 0.6 is 0 Å². The first-order chi connectivity index (χ1) is 10.2. The highest BCUT2D eigenvalue weighted by atomic mass is 19.1. The van der Waals surface area contributed by atoms with Crippen molar-refractivity contribution in [2.45, 2.75) is 57.6 Å². The fourth-order valence-electron chi connectivity index (χ4n) is 2.95. The van der Waals surface area contributed by atoms with Crippen LogP contribution in [-0.2, 0) is 11.2 Å². The molecule has 1 aliphatic heterocycles. The number of hydrogen-bond acceptors (Lipinski definition) is 2. The number of benzene rings is 1. The first kappa shape index (κ1) is 16.4. The Balaban J connectivity index is 1.89. The second kappa shape index (κ2) is 8.44. The zero-order valence-electron chi connectivity index (χ0n) is 12.7. The molecule has 21 heavy (non-hydrogen) atoms. The van der Waals surface area contributed by atoms with Crippen molar-refractivity contribution < 1.29 is 13.5 Å². The number of ether oxygens (including phenoxy) is 1. The smallest absolute Gasteiger partial charge is 0.126 e. The van der Waals surface area contributed by atoms with E-state index in [-0.39, 0.29) is 17.7 Å². The number of hydrogen-bond donors (Lipinski definition) is 1. The Bertz CT molecular complexity index is 433. The van der Waals surface area contributed by atoms with E-state index in [0.717, 1.165) is 44.9 Å². The summed E-state index contributed by atoms with van der Waals surface area (Å²) < 4.78 is 32.7. The van der Waals surface area contributed by atoms with Crippen molar-refractivity contribution in [2.75, 3.05) is 13.2 Å². The molecule has 2 nitrogen and oxygen atoms in total. The van der Waals surface area contributed by atoms with Gasteiger partial charge in [0.05, 0.1) is 6.10 Å². The van der Waals surface area contributed by atoms with Crippen molar-refractivity contribution >= 4 is 0 Å². The molecule has 0 radical (unpaired) electrons. The highest BCUT2D eigenvalue weighted by molar-refractivity contribution is 5.19. The summed E-state index contributed by atoms with van der Waals surface area (Å²) in [4.78, 5) is 0. The Hall–Kier alpha value is -1.00. The minimum absolute atomic E-state index is 0.164. The molecule has 1 fully saturated rings. The molecule has 1 aromatic rings. The summed E-state index contributed by atoms with van der Waals surface area (Å²) in [5, 5.41) is 3.37. The molecular weight excluding hydrogens is 272 g/mol. The van der Waals surface area contributed by atoms with Gasteiger partial charge in [-0.05, 0) is 68.8 Å². The molecule has 0 saturated carbocycles. The molecule has 2 unspecified atom stereocenters. The Morgan fingerprint density at radius 1 is 1.33 bits per heavy atom. The van der Waals surface area contributed by atoms with Crippen LogP contribution in [-0.4, -0.2) is 25.3 Å². The van der Waals surface area contributed by atoms with Gasteiger partial charge in [0.1, 0.15) is 11.6 Å². The van der Waals surface area contributed by atoms with Crippen LogP contribution in [0.5, 0.6) is 0 Å². The molecule has 1 heterocycles. The lowest BCUT2D eigenvalue weighted by atomic mass is 9.97. The Labute approximate surface area is 125 Å². The second-order valence-electron chi connectivity index (χ2n) is 5.76. The maximum atomic E-state index is 13.7. The van der Waals surface area contributed by atoms with Crippen molar-refractivity contribution in [3.63, 3.8) is 0 Å². The third-order valence-corrected chi connectivity index (χ3v) is 4.08. The van der Waals surface area contributed by atoms with E-state index in [1.54, 1.807) is 0 Å². The quantitative estimate of drug-likeness (QED) is 0.826. The van der Waals surface area contributed by atoms with E-state index >= 15 is 0 Å². The highest BCUT2D eigenvalue weighted by Crippen LogP contribution is 2.20. The number of nitrogens with one attached hydrogen (secondary N) is 1. The van der Waals surface area contributed by atoms with Crippen LogP contribution in [0.4, 0.5) is 8.78 Å². The minimum Gasteiger partial charge on any atom is -0.378 e. The average Bonchev–Trinajstić information content (AvgIpc) is 2.50. The van der Waals surface area contributed by atoms with Crippen LogP contribution in [0.15, 0.2) is 18.2 Å². The van der Waals surface area contributed by atoms with Gasteiger partial charge in [-0.25, -0.2) is 8.78 Å². The summed E-state index contributed by atoms with van der Waals surface area (Å²) >= 11 is 0. The zero-order valence-corrected chi connectivity index (χ0v) is 12.7. The summed E-state index contributed by atoms with van der Waals surface area (Å²) in [6, 6.07) is 3.84. The number of likely N-dealkylation sites (N-methyl/N-ethyl adjacent to an activating group) is 1. The third-order valence-electron chi connectivity index (χ3n) is 4.08. The lowest BCUT2D eigenvalue weighted by Crippen LogP contribution is -2.33. The monoisotopic (exact) mass is 297 g/mol. The van der Waals surface area contributed by atoms with E-state index in [2.05, 4.69) is 5.32 Å². The lowest BCUT2D eigenvalue weighted by Gasteiger charge is -2.25. The van der Waals surface area contributed by atoms with E-state index in [1.807, 2.05) is 6.92 Å². The molecule has 1 saturated heterocycles. The molecule has 1 aliphatic rings. The molecule has 0 spiro atoms. The molecule has 1 aromatic carbocycles. The van der Waals surface area contributed by atoms with Crippen molar-refractivity contribution in [1.82, 2.24) is 5.32 Å². The normalized spacial score (nSPS) is 20.4. The summed E-state index contributed by atoms with van der Waals surface area (Å²) in [5.74, 6) is -0.703. The first-order valence-electron chi connectivity index (χ1n) is 7.98. The van der Waals surface area contributed by atoms with E-state index in [0.29, 0.717) is 18.1 Å². The molecular formula is C17H25F2NO. The van der Waals surface area contributed by atoms with Gasteiger partial charge in [-0.3, -0.25) is 0 Å². The summed E-state index contributed by atoms with van der Waals surface area (Å²) in [7, 11) is 0. The van der Waals surface area contributed by atoms with Gasteiger partial charge in [-0.15, -0.1) is 0 Å². The molecule has 118 valence electrons. The van der Waals surface area contributed by atoms with E-state index in [1.165, 1.54) is 18.6 Å². The summed E-state index contributed by atoms with van der Waals surface area (Å²) in [5.41, 5.74) is 0.450. The second-order valence-corrected chi connectivity index (χ2v) is 5.76. The molecule has 0 aliphatic carbocycles. The van der Waals surface area contributed by atoms with Crippen molar-refractivity contribution in [3.05, 3.63) is 35.4 Å². The van der Waals surface area contributed by atoms with Crippen LogP contribution < -0.4 is 5.32 Å². The van der Waals surface area contributed by atoms with Gasteiger partial charge in [-0.1, -0.05) is 6.92 Å². The van der Waals surface area contributed by atoms with Crippen LogP contribution in [0.2, 0.25) is 0 Å². The van der Waals surface area contributed by atoms with Crippen LogP contribution in [0.1, 0.15) is 44.6 Å². The maximum absolute atomic E-state index is 13.7. The summed E-state index contributed by atoms with van der Waals surface area (Å²) in [6.07, 6.45) is 6.26.